The highest BCUT2D eigenvalue weighted by atomic mass is 16.4. The Hall–Kier alpha value is -2.05. The number of hydrogen-bond donors (Lipinski definition) is 2. The fourth-order valence-electron chi connectivity index (χ4n) is 2.11. The molecule has 0 amide bonds. The van der Waals surface area contributed by atoms with Crippen molar-refractivity contribution in [1.82, 2.24) is 9.55 Å². The zero-order chi connectivity index (χ0) is 13.3. The predicted molar refractivity (Wildman–Crippen MR) is 64.9 cm³/mol. The average Bonchev–Trinajstić information content (AvgIpc) is 2.35. The summed E-state index contributed by atoms with van der Waals surface area (Å²) in [5.74, 6) is -0.897. The summed E-state index contributed by atoms with van der Waals surface area (Å²) in [7, 11) is 1.39. The minimum Gasteiger partial charge on any atom is -0.481 e. The molecule has 2 N–H and O–H groups in total. The number of carboxylic acid groups (broad SMARTS) is 1. The Kier molecular flexibility index (Phi) is 3.22. The number of anilines is 1. The third-order valence-corrected chi connectivity index (χ3v) is 3.24. The molecule has 0 bridgehead atoms. The summed E-state index contributed by atoms with van der Waals surface area (Å²) in [5, 5.41) is 8.99. The van der Waals surface area contributed by atoms with Crippen LogP contribution in [0.3, 0.4) is 0 Å². The lowest BCUT2D eigenvalue weighted by molar-refractivity contribution is -0.141. The van der Waals surface area contributed by atoms with Gasteiger partial charge in [0.25, 0.3) is 5.56 Å². The number of hydrogen-bond acceptors (Lipinski definition) is 4. The van der Waals surface area contributed by atoms with Gasteiger partial charge in [-0.2, -0.15) is 0 Å². The number of rotatable bonds is 2. The number of aromatic nitrogens is 2. The van der Waals surface area contributed by atoms with E-state index in [-0.39, 0.29) is 0 Å². The molecule has 1 unspecified atom stereocenters. The van der Waals surface area contributed by atoms with Gasteiger partial charge in [0, 0.05) is 26.2 Å². The third kappa shape index (κ3) is 2.29. The predicted octanol–water partition coefficient (Wildman–Crippen LogP) is -0.625. The van der Waals surface area contributed by atoms with E-state index in [9.17, 15) is 14.4 Å². The number of nitrogens with zero attached hydrogens (tertiary/aromatic N) is 2. The maximum atomic E-state index is 11.5. The van der Waals surface area contributed by atoms with Crippen LogP contribution < -0.4 is 16.1 Å². The van der Waals surface area contributed by atoms with Crippen LogP contribution in [0.5, 0.6) is 0 Å². The molecule has 18 heavy (non-hydrogen) atoms. The van der Waals surface area contributed by atoms with Crippen molar-refractivity contribution in [2.75, 3.05) is 18.0 Å². The topological polar surface area (TPSA) is 95.4 Å². The summed E-state index contributed by atoms with van der Waals surface area (Å²) < 4.78 is 0.974. The zero-order valence-electron chi connectivity index (χ0n) is 10.0. The van der Waals surface area contributed by atoms with E-state index in [1.165, 1.54) is 13.1 Å². The first-order valence-electron chi connectivity index (χ1n) is 5.77. The molecule has 7 nitrogen and oxygen atoms in total. The number of carbonyl (C=O) groups is 1. The summed E-state index contributed by atoms with van der Waals surface area (Å²) >= 11 is 0. The van der Waals surface area contributed by atoms with E-state index < -0.39 is 23.1 Å². The molecule has 1 aliphatic rings. The van der Waals surface area contributed by atoms with Crippen molar-refractivity contribution in [3.8, 4) is 0 Å². The maximum Gasteiger partial charge on any atom is 0.329 e. The Morgan fingerprint density at radius 3 is 2.83 bits per heavy atom. The number of aromatic amines is 1. The maximum absolute atomic E-state index is 11.5. The average molecular weight is 253 g/mol. The van der Waals surface area contributed by atoms with E-state index in [2.05, 4.69) is 4.98 Å². The lowest BCUT2D eigenvalue weighted by atomic mass is 9.98. The van der Waals surface area contributed by atoms with Gasteiger partial charge in [0.15, 0.2) is 0 Å². The summed E-state index contributed by atoms with van der Waals surface area (Å²) in [6, 6.07) is 1.33. The van der Waals surface area contributed by atoms with Gasteiger partial charge in [0.2, 0.25) is 0 Å². The van der Waals surface area contributed by atoms with Crippen LogP contribution in [0.2, 0.25) is 0 Å². The molecule has 1 atom stereocenters. The van der Waals surface area contributed by atoms with E-state index in [1.807, 2.05) is 0 Å². The van der Waals surface area contributed by atoms with Crippen molar-refractivity contribution in [2.45, 2.75) is 12.8 Å². The van der Waals surface area contributed by atoms with Crippen molar-refractivity contribution in [3.05, 3.63) is 26.9 Å². The van der Waals surface area contributed by atoms with Gasteiger partial charge >= 0.3 is 11.7 Å². The van der Waals surface area contributed by atoms with Gasteiger partial charge in [-0.15, -0.1) is 0 Å². The SMILES string of the molecule is Cn1c(=O)cc(N2CCCC(C(=O)O)C2)[nH]c1=O. The molecule has 1 saturated heterocycles. The Labute approximate surface area is 103 Å². The summed E-state index contributed by atoms with van der Waals surface area (Å²) in [6.45, 7) is 0.964. The van der Waals surface area contributed by atoms with Gasteiger partial charge in [-0.05, 0) is 12.8 Å². The van der Waals surface area contributed by atoms with Crippen molar-refractivity contribution in [1.29, 1.82) is 0 Å². The van der Waals surface area contributed by atoms with Crippen LogP contribution in [-0.2, 0) is 11.8 Å². The second-order valence-corrected chi connectivity index (χ2v) is 4.48. The van der Waals surface area contributed by atoms with Crippen LogP contribution >= 0.6 is 0 Å². The summed E-state index contributed by atoms with van der Waals surface area (Å²) in [6.07, 6.45) is 1.36. The van der Waals surface area contributed by atoms with E-state index in [0.717, 1.165) is 11.0 Å². The molecule has 0 radical (unpaired) electrons. The van der Waals surface area contributed by atoms with Crippen LogP contribution in [0.15, 0.2) is 15.7 Å². The Bertz CT molecular complexity index is 543. The lowest BCUT2D eigenvalue weighted by Gasteiger charge is -2.31. The van der Waals surface area contributed by atoms with E-state index in [0.29, 0.717) is 25.3 Å². The van der Waals surface area contributed by atoms with Gasteiger partial charge in [-0.25, -0.2) is 4.79 Å². The Morgan fingerprint density at radius 2 is 2.22 bits per heavy atom. The largest absolute Gasteiger partial charge is 0.481 e. The number of H-pyrrole nitrogens is 1. The number of piperidine rings is 1. The zero-order valence-corrected chi connectivity index (χ0v) is 10.0. The first-order valence-corrected chi connectivity index (χ1v) is 5.77. The molecule has 1 fully saturated rings. The summed E-state index contributed by atoms with van der Waals surface area (Å²) in [4.78, 5) is 38.3. The molecule has 2 rings (SSSR count). The fraction of sp³-hybridized carbons (Fsp3) is 0.545. The van der Waals surface area contributed by atoms with Crippen LogP contribution in [0.25, 0.3) is 0 Å². The second kappa shape index (κ2) is 4.67. The van der Waals surface area contributed by atoms with E-state index >= 15 is 0 Å². The molecule has 1 aromatic heterocycles. The van der Waals surface area contributed by atoms with Crippen LogP contribution in [0, 0.1) is 5.92 Å². The molecular weight excluding hydrogens is 238 g/mol. The van der Waals surface area contributed by atoms with Gasteiger partial charge in [0.05, 0.1) is 5.92 Å². The van der Waals surface area contributed by atoms with Crippen molar-refractivity contribution in [2.24, 2.45) is 13.0 Å². The fourth-order valence-corrected chi connectivity index (χ4v) is 2.11. The molecule has 0 spiro atoms. The van der Waals surface area contributed by atoms with Gasteiger partial charge in [0.1, 0.15) is 5.82 Å². The lowest BCUT2D eigenvalue weighted by Crippen LogP contribution is -2.42. The van der Waals surface area contributed by atoms with Gasteiger partial charge < -0.3 is 10.0 Å². The number of carboxylic acids is 1. The van der Waals surface area contributed by atoms with Crippen LogP contribution in [0.1, 0.15) is 12.8 Å². The first kappa shape index (κ1) is 12.4. The molecular formula is C11H15N3O4. The molecule has 98 valence electrons. The minimum absolute atomic E-state index is 0.318. The molecule has 1 aromatic rings. The summed E-state index contributed by atoms with van der Waals surface area (Å²) in [5.41, 5.74) is -0.888. The highest BCUT2D eigenvalue weighted by Gasteiger charge is 2.26. The normalized spacial score (nSPS) is 19.8. The van der Waals surface area contributed by atoms with Gasteiger partial charge in [-0.1, -0.05) is 0 Å². The number of aliphatic carboxylic acids is 1. The molecule has 0 aromatic carbocycles. The second-order valence-electron chi connectivity index (χ2n) is 4.48. The van der Waals surface area contributed by atoms with Crippen molar-refractivity contribution in [3.63, 3.8) is 0 Å². The highest BCUT2D eigenvalue weighted by Crippen LogP contribution is 2.20. The standard InChI is InChI=1S/C11H15N3O4/c1-13-9(15)5-8(12-11(13)18)14-4-2-3-7(6-14)10(16)17/h5,7H,2-4,6H2,1H3,(H,12,18)(H,16,17). The first-order chi connectivity index (χ1) is 8.49. The van der Waals surface area contributed by atoms with Gasteiger partial charge in [-0.3, -0.25) is 19.1 Å². The van der Waals surface area contributed by atoms with E-state index in [4.69, 9.17) is 5.11 Å². The van der Waals surface area contributed by atoms with E-state index in [1.54, 1.807) is 4.90 Å². The van der Waals surface area contributed by atoms with Crippen molar-refractivity contribution < 1.29 is 9.90 Å². The quantitative estimate of drug-likeness (QED) is 0.732. The van der Waals surface area contributed by atoms with Crippen LogP contribution in [-0.4, -0.2) is 33.7 Å². The molecule has 2 heterocycles. The molecule has 0 aliphatic carbocycles. The van der Waals surface area contributed by atoms with Crippen molar-refractivity contribution >= 4 is 11.8 Å². The highest BCUT2D eigenvalue weighted by molar-refractivity contribution is 5.71. The number of nitrogens with one attached hydrogen (secondary N) is 1. The van der Waals surface area contributed by atoms with Crippen LogP contribution in [0.4, 0.5) is 5.82 Å². The molecule has 0 saturated carbocycles. The smallest absolute Gasteiger partial charge is 0.329 e. The Morgan fingerprint density at radius 1 is 1.50 bits per heavy atom. The molecule has 7 heteroatoms. The molecule has 1 aliphatic heterocycles. The monoisotopic (exact) mass is 253 g/mol. The third-order valence-electron chi connectivity index (χ3n) is 3.24. The Balaban J connectivity index is 2.29. The minimum atomic E-state index is -0.842.